The molecular formula is C34H47FO8. The maximum Gasteiger partial charge on any atom is 0.306 e. The zero-order valence-electron chi connectivity index (χ0n) is 26.5. The van der Waals surface area contributed by atoms with E-state index in [0.29, 0.717) is 44.1 Å². The van der Waals surface area contributed by atoms with E-state index in [0.717, 1.165) is 0 Å². The lowest BCUT2D eigenvalue weighted by Gasteiger charge is -2.63. The molecule has 4 rings (SSSR count). The highest BCUT2D eigenvalue weighted by atomic mass is 19.1. The number of halogens is 1. The van der Waals surface area contributed by atoms with Crippen LogP contribution in [0.5, 0.6) is 0 Å². The Kier molecular flexibility index (Phi) is 9.44. The van der Waals surface area contributed by atoms with Gasteiger partial charge in [-0.15, -0.1) is 0 Å². The molecule has 4 aliphatic rings. The summed E-state index contributed by atoms with van der Waals surface area (Å²) in [7, 11) is 0. The molecule has 238 valence electrons. The van der Waals surface area contributed by atoms with Gasteiger partial charge in [0.15, 0.2) is 23.7 Å². The molecule has 0 bridgehead atoms. The molecule has 0 radical (unpaired) electrons. The molecule has 3 fully saturated rings. The summed E-state index contributed by atoms with van der Waals surface area (Å²) in [4.78, 5) is 65.1. The van der Waals surface area contributed by atoms with Crippen molar-refractivity contribution in [1.82, 2.24) is 0 Å². The van der Waals surface area contributed by atoms with Crippen LogP contribution < -0.4 is 0 Å². The minimum Gasteiger partial charge on any atom is -0.459 e. The summed E-state index contributed by atoms with van der Waals surface area (Å²) in [6.45, 7) is 10.4. The number of fused-ring (bicyclic) bond motifs is 5. The number of carbonyl (C=O) groups is 5. The summed E-state index contributed by atoms with van der Waals surface area (Å²) in [5.41, 5.74) is -5.42. The third-order valence-electron chi connectivity index (χ3n) is 10.8. The van der Waals surface area contributed by atoms with E-state index in [1.807, 2.05) is 34.6 Å². The molecule has 0 aromatic heterocycles. The fraction of sp³-hybridized carbons (Fsp3) is 0.735. The normalized spacial score (nSPS) is 37.8. The molecule has 8 nitrogen and oxygen atoms in total. The lowest BCUT2D eigenvalue weighted by Crippen LogP contribution is -2.70. The number of ketones is 2. The Hall–Kier alpha value is -2.84. The van der Waals surface area contributed by atoms with Gasteiger partial charge in [0.25, 0.3) is 0 Å². The van der Waals surface area contributed by atoms with Gasteiger partial charge in [-0.05, 0) is 69.9 Å². The smallest absolute Gasteiger partial charge is 0.306 e. The number of carbonyl (C=O) groups excluding carboxylic acids is 5. The van der Waals surface area contributed by atoms with Crippen molar-refractivity contribution in [2.45, 2.75) is 123 Å². The number of hydrogen-bond donors (Lipinski definition) is 0. The minimum atomic E-state index is -2.07. The molecule has 8 atom stereocenters. The van der Waals surface area contributed by atoms with Gasteiger partial charge in [-0.1, -0.05) is 46.3 Å². The van der Waals surface area contributed by atoms with Crippen LogP contribution in [-0.2, 0) is 38.2 Å². The Morgan fingerprint density at radius 1 is 0.953 bits per heavy atom. The first kappa shape index (κ1) is 33.1. The van der Waals surface area contributed by atoms with Crippen LogP contribution in [0.15, 0.2) is 23.8 Å². The zero-order valence-corrected chi connectivity index (χ0v) is 26.5. The predicted molar refractivity (Wildman–Crippen MR) is 156 cm³/mol. The van der Waals surface area contributed by atoms with Crippen LogP contribution in [0.3, 0.4) is 0 Å². The molecule has 43 heavy (non-hydrogen) atoms. The van der Waals surface area contributed by atoms with E-state index in [1.165, 1.54) is 12.2 Å². The third-order valence-corrected chi connectivity index (χ3v) is 10.8. The summed E-state index contributed by atoms with van der Waals surface area (Å²) in [5.74, 6) is -3.92. The fourth-order valence-corrected chi connectivity index (χ4v) is 8.88. The first-order chi connectivity index (χ1) is 20.2. The van der Waals surface area contributed by atoms with Crippen molar-refractivity contribution in [1.29, 1.82) is 0 Å². The molecule has 0 amide bonds. The Balaban J connectivity index is 1.86. The summed E-state index contributed by atoms with van der Waals surface area (Å²) < 4.78 is 35.9. The van der Waals surface area contributed by atoms with E-state index >= 15 is 4.39 Å². The maximum absolute atomic E-state index is 18.3. The molecule has 4 aliphatic carbocycles. The van der Waals surface area contributed by atoms with Crippen molar-refractivity contribution in [3.63, 3.8) is 0 Å². The van der Waals surface area contributed by atoms with Crippen molar-refractivity contribution < 1.29 is 42.6 Å². The first-order valence-electron chi connectivity index (χ1n) is 16.0. The van der Waals surface area contributed by atoms with Crippen molar-refractivity contribution in [2.24, 2.45) is 28.6 Å². The number of alkyl halides is 1. The highest BCUT2D eigenvalue weighted by molar-refractivity contribution is 6.01. The van der Waals surface area contributed by atoms with Gasteiger partial charge in [-0.3, -0.25) is 24.0 Å². The Morgan fingerprint density at radius 2 is 1.58 bits per heavy atom. The van der Waals surface area contributed by atoms with Crippen molar-refractivity contribution >= 4 is 29.5 Å². The number of rotatable bonds is 11. The van der Waals surface area contributed by atoms with Crippen LogP contribution in [0.25, 0.3) is 0 Å². The molecule has 0 heterocycles. The van der Waals surface area contributed by atoms with Crippen molar-refractivity contribution in [3.8, 4) is 0 Å². The molecule has 0 aromatic rings. The molecular weight excluding hydrogens is 555 g/mol. The monoisotopic (exact) mass is 602 g/mol. The quantitative estimate of drug-likeness (QED) is 0.211. The average Bonchev–Trinajstić information content (AvgIpc) is 3.15. The lowest BCUT2D eigenvalue weighted by molar-refractivity contribution is -0.236. The second-order valence-corrected chi connectivity index (χ2v) is 13.4. The number of esters is 3. The van der Waals surface area contributed by atoms with Crippen molar-refractivity contribution in [3.05, 3.63) is 23.8 Å². The van der Waals surface area contributed by atoms with Crippen molar-refractivity contribution in [2.75, 3.05) is 6.61 Å². The molecule has 0 unspecified atom stereocenters. The highest BCUT2D eigenvalue weighted by Gasteiger charge is 2.78. The van der Waals surface area contributed by atoms with E-state index < -0.39 is 76.3 Å². The van der Waals surface area contributed by atoms with Crippen LogP contribution >= 0.6 is 0 Å². The van der Waals surface area contributed by atoms with E-state index in [-0.39, 0.29) is 31.5 Å². The van der Waals surface area contributed by atoms with Crippen LogP contribution in [0.1, 0.15) is 106 Å². The molecule has 0 saturated heterocycles. The molecule has 0 spiro atoms. The number of Topliss-reactive ketones (excluding diaryl/α,β-unsaturated/α-hetero) is 1. The van der Waals surface area contributed by atoms with Crippen LogP contribution in [0, 0.1) is 28.6 Å². The maximum atomic E-state index is 18.3. The molecule has 0 N–H and O–H groups in total. The van der Waals surface area contributed by atoms with Gasteiger partial charge in [-0.2, -0.15) is 0 Å². The first-order valence-corrected chi connectivity index (χ1v) is 16.0. The van der Waals surface area contributed by atoms with E-state index in [4.69, 9.17) is 14.2 Å². The van der Waals surface area contributed by atoms with E-state index in [9.17, 15) is 24.0 Å². The van der Waals surface area contributed by atoms with Gasteiger partial charge >= 0.3 is 17.9 Å². The van der Waals surface area contributed by atoms with Crippen LogP contribution in [0.2, 0.25) is 0 Å². The van der Waals surface area contributed by atoms with E-state index in [1.54, 1.807) is 13.0 Å². The van der Waals surface area contributed by atoms with Gasteiger partial charge in [-0.25, -0.2) is 4.39 Å². The number of allylic oxidation sites excluding steroid dienone is 4. The SMILES string of the molecule is CCCC(=O)OCC(=O)[C@@]1(OC(=O)CCC)[C@@H](C)C[C@H]2[C@@H]3CCC4=CC(=O)C=C[C@]4(C)[C@@]3(F)[C@@H](OC(=O)CCC)C[C@@]21C. The summed E-state index contributed by atoms with van der Waals surface area (Å²) in [6, 6.07) is 0. The molecule has 3 saturated carbocycles. The standard InChI is InChI=1S/C34H47FO8/c1-7-10-28(38)41-20-26(37)34(43-30(40)12-9-3)21(4)17-25-24-14-13-22-18-23(36)15-16-31(22,5)33(24,35)27(19-32(25,34)6)42-29(39)11-8-2/h15-16,18,21,24-25,27H,7-14,17,19-20H2,1-6H3/t21-,24-,25-,27-,31-,32-,33-,34-/m0/s1. The zero-order chi connectivity index (χ0) is 31.8. The average molecular weight is 603 g/mol. The fourth-order valence-electron chi connectivity index (χ4n) is 8.88. The van der Waals surface area contributed by atoms with Crippen LogP contribution in [0.4, 0.5) is 4.39 Å². The topological polar surface area (TPSA) is 113 Å². The third kappa shape index (κ3) is 5.18. The Bertz CT molecular complexity index is 1220. The van der Waals surface area contributed by atoms with E-state index in [2.05, 4.69) is 0 Å². The van der Waals surface area contributed by atoms with Gasteiger partial charge < -0.3 is 14.2 Å². The largest absolute Gasteiger partial charge is 0.459 e. The predicted octanol–water partition coefficient (Wildman–Crippen LogP) is 5.95. The lowest BCUT2D eigenvalue weighted by atomic mass is 9.44. The molecule has 9 heteroatoms. The van der Waals surface area contributed by atoms with Gasteiger partial charge in [0.2, 0.25) is 5.78 Å². The van der Waals surface area contributed by atoms with Gasteiger partial charge in [0, 0.05) is 41.9 Å². The highest BCUT2D eigenvalue weighted by Crippen LogP contribution is 2.72. The Morgan fingerprint density at radius 3 is 2.23 bits per heavy atom. The minimum absolute atomic E-state index is 0.0663. The second-order valence-electron chi connectivity index (χ2n) is 13.4. The number of ether oxygens (including phenoxy) is 3. The Labute approximate surface area is 254 Å². The molecule has 0 aromatic carbocycles. The van der Waals surface area contributed by atoms with Gasteiger partial charge in [0.05, 0.1) is 0 Å². The summed E-state index contributed by atoms with van der Waals surface area (Å²) in [5, 5.41) is 0. The summed E-state index contributed by atoms with van der Waals surface area (Å²) >= 11 is 0. The van der Waals surface area contributed by atoms with Crippen LogP contribution in [-0.4, -0.2) is 53.5 Å². The molecule has 0 aliphatic heterocycles. The van der Waals surface area contributed by atoms with Gasteiger partial charge in [0.1, 0.15) is 6.10 Å². The number of hydrogen-bond acceptors (Lipinski definition) is 8. The second kappa shape index (κ2) is 12.3. The summed E-state index contributed by atoms with van der Waals surface area (Å²) in [6.07, 6.45) is 6.34.